The smallest absolute Gasteiger partial charge is 0.243 e. The summed E-state index contributed by atoms with van der Waals surface area (Å²) in [6.45, 7) is 5.20. The Morgan fingerprint density at radius 2 is 1.89 bits per heavy atom. The molecule has 0 radical (unpaired) electrons. The fourth-order valence-electron chi connectivity index (χ4n) is 2.78. The summed E-state index contributed by atoms with van der Waals surface area (Å²) in [4.78, 5) is 0.424. The van der Waals surface area contributed by atoms with E-state index in [9.17, 15) is 8.42 Å². The fraction of sp³-hybridized carbons (Fsp3) is 0.571. The fourth-order valence-corrected chi connectivity index (χ4v) is 4.66. The first-order valence-electron chi connectivity index (χ1n) is 6.70. The standard InChI is InChI=1S/C14H22N2O2S/c1-11-7-12(2)9-14(8-11)19(17,18)16-6-4-5-13(16)10-15-3/h7-9,13,15H,4-6,10H2,1-3H3. The largest absolute Gasteiger partial charge is 0.318 e. The minimum Gasteiger partial charge on any atom is -0.318 e. The lowest BCUT2D eigenvalue weighted by Crippen LogP contribution is -2.40. The summed E-state index contributed by atoms with van der Waals surface area (Å²) in [6.07, 6.45) is 1.88. The molecule has 106 valence electrons. The Labute approximate surface area is 115 Å². The first kappa shape index (κ1) is 14.5. The summed E-state index contributed by atoms with van der Waals surface area (Å²) in [6, 6.07) is 5.60. The van der Waals surface area contributed by atoms with E-state index in [1.165, 1.54) is 0 Å². The van der Waals surface area contributed by atoms with Crippen molar-refractivity contribution in [2.24, 2.45) is 0 Å². The monoisotopic (exact) mass is 282 g/mol. The molecule has 4 nitrogen and oxygen atoms in total. The average Bonchev–Trinajstić information content (AvgIpc) is 2.77. The van der Waals surface area contributed by atoms with Gasteiger partial charge in [-0.3, -0.25) is 0 Å². The van der Waals surface area contributed by atoms with E-state index >= 15 is 0 Å². The molecule has 1 atom stereocenters. The molecule has 0 aromatic heterocycles. The van der Waals surface area contributed by atoms with Gasteiger partial charge in [0.25, 0.3) is 0 Å². The maximum absolute atomic E-state index is 12.7. The van der Waals surface area contributed by atoms with Gasteiger partial charge < -0.3 is 5.32 Å². The minimum absolute atomic E-state index is 0.0795. The molecule has 1 unspecified atom stereocenters. The third kappa shape index (κ3) is 2.99. The van der Waals surface area contributed by atoms with Crippen LogP contribution < -0.4 is 5.32 Å². The highest BCUT2D eigenvalue weighted by molar-refractivity contribution is 7.89. The number of hydrogen-bond donors (Lipinski definition) is 1. The molecule has 1 aromatic carbocycles. The lowest BCUT2D eigenvalue weighted by atomic mass is 10.2. The quantitative estimate of drug-likeness (QED) is 0.914. The van der Waals surface area contributed by atoms with E-state index in [2.05, 4.69) is 5.32 Å². The minimum atomic E-state index is -3.36. The molecule has 2 rings (SSSR count). The van der Waals surface area contributed by atoms with Crippen molar-refractivity contribution in [3.63, 3.8) is 0 Å². The van der Waals surface area contributed by atoms with Gasteiger partial charge in [-0.1, -0.05) is 6.07 Å². The zero-order valence-electron chi connectivity index (χ0n) is 11.8. The highest BCUT2D eigenvalue weighted by Crippen LogP contribution is 2.26. The molecule has 1 aromatic rings. The number of sulfonamides is 1. The Balaban J connectivity index is 2.36. The number of nitrogens with zero attached hydrogens (tertiary/aromatic N) is 1. The molecule has 0 saturated carbocycles. The van der Waals surface area contributed by atoms with Crippen molar-refractivity contribution in [2.45, 2.75) is 37.6 Å². The van der Waals surface area contributed by atoms with Crippen molar-refractivity contribution in [1.29, 1.82) is 0 Å². The molecule has 1 saturated heterocycles. The molecule has 5 heteroatoms. The number of nitrogens with one attached hydrogen (secondary N) is 1. The normalized spacial score (nSPS) is 20.9. The van der Waals surface area contributed by atoms with E-state index in [-0.39, 0.29) is 6.04 Å². The summed E-state index contributed by atoms with van der Waals surface area (Å²) in [5.41, 5.74) is 1.98. The van der Waals surface area contributed by atoms with Crippen LogP contribution in [0.3, 0.4) is 0 Å². The summed E-state index contributed by atoms with van der Waals surface area (Å²) in [5.74, 6) is 0. The third-order valence-corrected chi connectivity index (χ3v) is 5.49. The topological polar surface area (TPSA) is 49.4 Å². The van der Waals surface area contributed by atoms with Crippen LogP contribution in [0.2, 0.25) is 0 Å². The van der Waals surface area contributed by atoms with Crippen LogP contribution in [0.5, 0.6) is 0 Å². The maximum atomic E-state index is 12.7. The second-order valence-electron chi connectivity index (χ2n) is 5.29. The molecule has 1 aliphatic heterocycles. The lowest BCUT2D eigenvalue weighted by Gasteiger charge is -2.24. The molecule has 1 heterocycles. The predicted octanol–water partition coefficient (Wildman–Crippen LogP) is 1.68. The number of benzene rings is 1. The van der Waals surface area contributed by atoms with E-state index in [0.29, 0.717) is 18.0 Å². The van der Waals surface area contributed by atoms with Crippen LogP contribution in [0.1, 0.15) is 24.0 Å². The molecule has 1 aliphatic rings. The molecular formula is C14H22N2O2S. The van der Waals surface area contributed by atoms with Crippen LogP contribution in [0, 0.1) is 13.8 Å². The van der Waals surface area contributed by atoms with Gasteiger partial charge in [-0.2, -0.15) is 4.31 Å². The van der Waals surface area contributed by atoms with Crippen LogP contribution in [-0.2, 0) is 10.0 Å². The van der Waals surface area contributed by atoms with Crippen molar-refractivity contribution < 1.29 is 8.42 Å². The SMILES string of the molecule is CNCC1CCCN1S(=O)(=O)c1cc(C)cc(C)c1. The van der Waals surface area contributed by atoms with Crippen molar-refractivity contribution in [2.75, 3.05) is 20.1 Å². The van der Waals surface area contributed by atoms with Gasteiger partial charge in [-0.15, -0.1) is 0 Å². The molecule has 0 aliphatic carbocycles. The average molecular weight is 282 g/mol. The zero-order valence-corrected chi connectivity index (χ0v) is 12.6. The third-order valence-electron chi connectivity index (χ3n) is 3.56. The van der Waals surface area contributed by atoms with Gasteiger partial charge in [-0.05, 0) is 57.0 Å². The summed E-state index contributed by atoms with van der Waals surface area (Å²) >= 11 is 0. The molecule has 1 fully saturated rings. The van der Waals surface area contributed by atoms with E-state index in [4.69, 9.17) is 0 Å². The second kappa shape index (κ2) is 5.61. The molecular weight excluding hydrogens is 260 g/mol. The zero-order chi connectivity index (χ0) is 14.0. The Hall–Kier alpha value is -0.910. The predicted molar refractivity (Wildman–Crippen MR) is 76.8 cm³/mol. The Kier molecular flexibility index (Phi) is 4.28. The first-order chi connectivity index (χ1) is 8.95. The number of hydrogen-bond acceptors (Lipinski definition) is 3. The van der Waals surface area contributed by atoms with Crippen molar-refractivity contribution in [1.82, 2.24) is 9.62 Å². The highest BCUT2D eigenvalue weighted by atomic mass is 32.2. The van der Waals surface area contributed by atoms with Gasteiger partial charge in [0.15, 0.2) is 0 Å². The molecule has 1 N–H and O–H groups in total. The molecule has 0 amide bonds. The number of likely N-dealkylation sites (N-methyl/N-ethyl adjacent to an activating group) is 1. The summed E-state index contributed by atoms with van der Waals surface area (Å²) in [5, 5.41) is 3.08. The van der Waals surface area contributed by atoms with Gasteiger partial charge in [0, 0.05) is 19.1 Å². The van der Waals surface area contributed by atoms with Crippen LogP contribution in [0.25, 0.3) is 0 Å². The van der Waals surface area contributed by atoms with Crippen LogP contribution in [-0.4, -0.2) is 38.9 Å². The molecule has 0 bridgehead atoms. The number of rotatable bonds is 4. The van der Waals surface area contributed by atoms with E-state index in [1.807, 2.05) is 27.0 Å². The van der Waals surface area contributed by atoms with Gasteiger partial charge in [0.2, 0.25) is 10.0 Å². The van der Waals surface area contributed by atoms with Gasteiger partial charge in [0.1, 0.15) is 0 Å². The first-order valence-corrected chi connectivity index (χ1v) is 8.14. The Morgan fingerprint density at radius 3 is 2.47 bits per heavy atom. The number of aryl methyl sites for hydroxylation is 2. The Bertz CT molecular complexity index is 534. The van der Waals surface area contributed by atoms with Crippen molar-refractivity contribution in [3.05, 3.63) is 29.3 Å². The van der Waals surface area contributed by atoms with Gasteiger partial charge >= 0.3 is 0 Å². The molecule has 0 spiro atoms. The van der Waals surface area contributed by atoms with Gasteiger partial charge in [-0.25, -0.2) is 8.42 Å². The Morgan fingerprint density at radius 1 is 1.26 bits per heavy atom. The van der Waals surface area contributed by atoms with Crippen molar-refractivity contribution in [3.8, 4) is 0 Å². The maximum Gasteiger partial charge on any atom is 0.243 e. The van der Waals surface area contributed by atoms with Crippen LogP contribution in [0.4, 0.5) is 0 Å². The molecule has 19 heavy (non-hydrogen) atoms. The van der Waals surface area contributed by atoms with Gasteiger partial charge in [0.05, 0.1) is 4.90 Å². The van der Waals surface area contributed by atoms with E-state index in [0.717, 1.165) is 24.0 Å². The van der Waals surface area contributed by atoms with E-state index in [1.54, 1.807) is 16.4 Å². The lowest BCUT2D eigenvalue weighted by molar-refractivity contribution is 0.379. The van der Waals surface area contributed by atoms with Crippen LogP contribution in [0.15, 0.2) is 23.1 Å². The van der Waals surface area contributed by atoms with E-state index < -0.39 is 10.0 Å². The summed E-state index contributed by atoms with van der Waals surface area (Å²) < 4.78 is 27.1. The highest BCUT2D eigenvalue weighted by Gasteiger charge is 2.34. The van der Waals surface area contributed by atoms with Crippen LogP contribution >= 0.6 is 0 Å². The van der Waals surface area contributed by atoms with Crippen molar-refractivity contribution >= 4 is 10.0 Å². The summed E-state index contributed by atoms with van der Waals surface area (Å²) in [7, 11) is -1.50. The second-order valence-corrected chi connectivity index (χ2v) is 7.18.